The molecule has 1 aromatic rings. The second-order valence-corrected chi connectivity index (χ2v) is 4.58. The molecule has 4 heteroatoms. The lowest BCUT2D eigenvalue weighted by molar-refractivity contribution is 0.312. The van der Waals surface area contributed by atoms with Crippen LogP contribution in [0.1, 0.15) is 19.7 Å². The zero-order chi connectivity index (χ0) is 12.0. The van der Waals surface area contributed by atoms with Crippen molar-refractivity contribution in [3.63, 3.8) is 0 Å². The van der Waals surface area contributed by atoms with Crippen molar-refractivity contribution in [2.24, 2.45) is 0 Å². The Morgan fingerprint density at radius 2 is 2.19 bits per heavy atom. The molecule has 0 unspecified atom stereocenters. The Morgan fingerprint density at radius 1 is 1.44 bits per heavy atom. The van der Waals surface area contributed by atoms with Gasteiger partial charge in [0.25, 0.3) is 0 Å². The molecule has 0 saturated carbocycles. The molecule has 16 heavy (non-hydrogen) atoms. The fourth-order valence-electron chi connectivity index (χ4n) is 1.57. The summed E-state index contributed by atoms with van der Waals surface area (Å²) in [6.45, 7) is 10.6. The fourth-order valence-corrected chi connectivity index (χ4v) is 1.57. The lowest BCUT2D eigenvalue weighted by Gasteiger charge is -2.18. The molecule has 0 amide bonds. The Labute approximate surface area is 98.7 Å². The van der Waals surface area contributed by atoms with Gasteiger partial charge in [-0.3, -0.25) is 0 Å². The maximum Gasteiger partial charge on any atom is 0.105 e. The molecule has 1 rings (SSSR count). The van der Waals surface area contributed by atoms with Gasteiger partial charge in [0, 0.05) is 44.6 Å². The summed E-state index contributed by atoms with van der Waals surface area (Å²) in [7, 11) is 2.16. The van der Waals surface area contributed by atoms with Gasteiger partial charge < -0.3 is 14.8 Å². The Balaban J connectivity index is 2.15. The number of likely N-dealkylation sites (N-methyl/N-ethyl adjacent to an activating group) is 1. The number of rotatable bonds is 7. The zero-order valence-corrected chi connectivity index (χ0v) is 10.9. The normalized spacial score (nSPS) is 11.6. The Morgan fingerprint density at radius 3 is 2.75 bits per heavy atom. The molecular formula is C12H24N4. The van der Waals surface area contributed by atoms with Gasteiger partial charge in [-0.15, -0.1) is 0 Å². The topological polar surface area (TPSA) is 33.1 Å². The zero-order valence-electron chi connectivity index (χ0n) is 10.9. The van der Waals surface area contributed by atoms with Crippen molar-refractivity contribution in [1.82, 2.24) is 19.8 Å². The molecule has 0 atom stereocenters. The van der Waals surface area contributed by atoms with E-state index >= 15 is 0 Å². The van der Waals surface area contributed by atoms with E-state index in [0.29, 0.717) is 6.04 Å². The van der Waals surface area contributed by atoms with E-state index in [1.165, 1.54) is 0 Å². The molecule has 0 spiro atoms. The molecule has 0 saturated heterocycles. The third-order valence-corrected chi connectivity index (χ3v) is 2.69. The van der Waals surface area contributed by atoms with Crippen LogP contribution in [-0.2, 0) is 6.54 Å². The van der Waals surface area contributed by atoms with E-state index in [4.69, 9.17) is 0 Å². The van der Waals surface area contributed by atoms with Crippen molar-refractivity contribution < 1.29 is 0 Å². The van der Waals surface area contributed by atoms with Crippen LogP contribution in [0.5, 0.6) is 0 Å². The van der Waals surface area contributed by atoms with Crippen molar-refractivity contribution in [2.45, 2.75) is 33.4 Å². The van der Waals surface area contributed by atoms with Gasteiger partial charge in [-0.25, -0.2) is 4.98 Å². The smallest absolute Gasteiger partial charge is 0.105 e. The number of hydrogen-bond acceptors (Lipinski definition) is 3. The van der Waals surface area contributed by atoms with Crippen LogP contribution in [0.2, 0.25) is 0 Å². The minimum atomic E-state index is 0.573. The summed E-state index contributed by atoms with van der Waals surface area (Å²) < 4.78 is 2.19. The summed E-state index contributed by atoms with van der Waals surface area (Å²) >= 11 is 0. The van der Waals surface area contributed by atoms with Gasteiger partial charge >= 0.3 is 0 Å². The monoisotopic (exact) mass is 224 g/mol. The third-order valence-electron chi connectivity index (χ3n) is 2.69. The van der Waals surface area contributed by atoms with Crippen molar-refractivity contribution in [3.8, 4) is 0 Å². The second kappa shape index (κ2) is 6.66. The summed E-state index contributed by atoms with van der Waals surface area (Å²) in [5.74, 6) is 1.09. The maximum atomic E-state index is 4.21. The Bertz CT molecular complexity index is 293. The molecule has 0 fully saturated rings. The van der Waals surface area contributed by atoms with Crippen LogP contribution >= 0.6 is 0 Å². The molecule has 1 heterocycles. The molecule has 0 aromatic carbocycles. The Hall–Kier alpha value is -0.870. The highest BCUT2D eigenvalue weighted by Gasteiger charge is 2.01. The number of aromatic nitrogens is 2. The first-order chi connectivity index (χ1) is 7.59. The number of nitrogens with one attached hydrogen (secondary N) is 1. The summed E-state index contributed by atoms with van der Waals surface area (Å²) in [5, 5.41) is 3.42. The molecule has 1 aromatic heterocycles. The predicted octanol–water partition coefficient (Wildman–Crippen LogP) is 1.12. The van der Waals surface area contributed by atoms with Gasteiger partial charge in [-0.1, -0.05) is 13.8 Å². The minimum absolute atomic E-state index is 0.573. The molecule has 1 N–H and O–H groups in total. The van der Waals surface area contributed by atoms with Crippen molar-refractivity contribution in [2.75, 3.05) is 26.7 Å². The van der Waals surface area contributed by atoms with E-state index in [2.05, 4.69) is 40.7 Å². The lowest BCUT2D eigenvalue weighted by Crippen LogP contribution is -2.34. The summed E-state index contributed by atoms with van der Waals surface area (Å²) in [5.41, 5.74) is 0. The predicted molar refractivity (Wildman–Crippen MR) is 67.6 cm³/mol. The van der Waals surface area contributed by atoms with Crippen LogP contribution in [0, 0.1) is 6.92 Å². The van der Waals surface area contributed by atoms with Crippen LogP contribution in [0.15, 0.2) is 12.4 Å². The number of hydrogen-bond donors (Lipinski definition) is 1. The highest BCUT2D eigenvalue weighted by molar-refractivity contribution is 4.88. The third kappa shape index (κ3) is 4.77. The summed E-state index contributed by atoms with van der Waals surface area (Å²) in [4.78, 5) is 6.55. The van der Waals surface area contributed by atoms with Gasteiger partial charge in [-0.2, -0.15) is 0 Å². The molecule has 0 aliphatic rings. The van der Waals surface area contributed by atoms with Crippen LogP contribution in [-0.4, -0.2) is 47.2 Å². The molecule has 0 aliphatic carbocycles. The minimum Gasteiger partial charge on any atom is -0.334 e. The van der Waals surface area contributed by atoms with Crippen LogP contribution in [0.4, 0.5) is 0 Å². The fraction of sp³-hybridized carbons (Fsp3) is 0.750. The number of imidazole rings is 1. The quantitative estimate of drug-likeness (QED) is 0.753. The SMILES string of the molecule is Cc1nccn1CCN(C)CCNC(C)C. The van der Waals surface area contributed by atoms with Crippen molar-refractivity contribution in [3.05, 3.63) is 18.2 Å². The van der Waals surface area contributed by atoms with Gasteiger partial charge in [0.05, 0.1) is 0 Å². The molecule has 0 radical (unpaired) electrons. The number of nitrogens with zero attached hydrogens (tertiary/aromatic N) is 3. The average molecular weight is 224 g/mol. The molecular weight excluding hydrogens is 200 g/mol. The largest absolute Gasteiger partial charge is 0.334 e. The first kappa shape index (κ1) is 13.2. The second-order valence-electron chi connectivity index (χ2n) is 4.58. The van der Waals surface area contributed by atoms with E-state index < -0.39 is 0 Å². The Kier molecular flexibility index (Phi) is 5.49. The summed E-state index contributed by atoms with van der Waals surface area (Å²) in [6.07, 6.45) is 3.89. The lowest BCUT2D eigenvalue weighted by atomic mass is 10.4. The molecule has 4 nitrogen and oxygen atoms in total. The van der Waals surface area contributed by atoms with Gasteiger partial charge in [-0.05, 0) is 14.0 Å². The molecule has 92 valence electrons. The van der Waals surface area contributed by atoms with E-state index in [-0.39, 0.29) is 0 Å². The van der Waals surface area contributed by atoms with Gasteiger partial charge in [0.1, 0.15) is 5.82 Å². The average Bonchev–Trinajstić information content (AvgIpc) is 2.60. The van der Waals surface area contributed by atoms with Crippen LogP contribution < -0.4 is 5.32 Å². The van der Waals surface area contributed by atoms with Crippen LogP contribution in [0.25, 0.3) is 0 Å². The van der Waals surface area contributed by atoms with Crippen molar-refractivity contribution in [1.29, 1.82) is 0 Å². The first-order valence-corrected chi connectivity index (χ1v) is 5.99. The first-order valence-electron chi connectivity index (χ1n) is 5.99. The highest BCUT2D eigenvalue weighted by atomic mass is 15.1. The molecule has 0 bridgehead atoms. The molecule has 0 aliphatic heterocycles. The standard InChI is InChI=1S/C12H24N4/c1-11(2)13-5-7-15(4)9-10-16-8-6-14-12(16)3/h6,8,11,13H,5,7,9-10H2,1-4H3. The number of aryl methyl sites for hydroxylation is 1. The summed E-state index contributed by atoms with van der Waals surface area (Å²) in [6, 6.07) is 0.573. The van der Waals surface area contributed by atoms with E-state index in [1.54, 1.807) is 0 Å². The maximum absolute atomic E-state index is 4.21. The van der Waals surface area contributed by atoms with E-state index in [1.807, 2.05) is 19.3 Å². The van der Waals surface area contributed by atoms with E-state index in [0.717, 1.165) is 32.0 Å². The highest BCUT2D eigenvalue weighted by Crippen LogP contribution is 1.95. The van der Waals surface area contributed by atoms with E-state index in [9.17, 15) is 0 Å². The van der Waals surface area contributed by atoms with Gasteiger partial charge in [0.15, 0.2) is 0 Å². The van der Waals surface area contributed by atoms with Crippen molar-refractivity contribution >= 4 is 0 Å². The van der Waals surface area contributed by atoms with Gasteiger partial charge in [0.2, 0.25) is 0 Å². The van der Waals surface area contributed by atoms with Crippen LogP contribution in [0.3, 0.4) is 0 Å².